The minimum absolute atomic E-state index is 0.123. The lowest BCUT2D eigenvalue weighted by atomic mass is 10.3. The molecule has 2 nitrogen and oxygen atoms in total. The van der Waals surface area contributed by atoms with Crippen LogP contribution in [0.1, 0.15) is 0 Å². The predicted octanol–water partition coefficient (Wildman–Crippen LogP) is 5.49. The Labute approximate surface area is 140 Å². The van der Waals surface area contributed by atoms with Crippen molar-refractivity contribution in [2.24, 2.45) is 0 Å². The fourth-order valence-corrected chi connectivity index (χ4v) is 2.78. The molecular formula is C14H10BrCl2NOS. The Hall–Kier alpha value is -0.680. The predicted molar refractivity (Wildman–Crippen MR) is 90.0 cm³/mol. The number of hydrogen-bond acceptors (Lipinski definition) is 2. The third-order valence-electron chi connectivity index (χ3n) is 2.41. The van der Waals surface area contributed by atoms with E-state index in [1.807, 2.05) is 24.3 Å². The standard InChI is InChI=1S/C14H10BrCl2NOS/c15-9-4-6-10(7-5-9)20-8-13(19)18-12-3-1-2-11(16)14(12)17/h1-7H,8H2,(H,18,19). The van der Waals surface area contributed by atoms with Crippen molar-refractivity contribution in [2.75, 3.05) is 11.1 Å². The molecular weight excluding hydrogens is 381 g/mol. The number of benzene rings is 2. The zero-order valence-electron chi connectivity index (χ0n) is 10.2. The molecule has 0 spiro atoms. The number of carbonyl (C=O) groups excluding carboxylic acids is 1. The fourth-order valence-electron chi connectivity index (χ4n) is 1.47. The molecule has 0 aliphatic rings. The van der Waals surface area contributed by atoms with Gasteiger partial charge in [0.05, 0.1) is 21.5 Å². The number of hydrogen-bond donors (Lipinski definition) is 1. The summed E-state index contributed by atoms with van der Waals surface area (Å²) in [5.74, 6) is 0.187. The second-order valence-electron chi connectivity index (χ2n) is 3.89. The van der Waals surface area contributed by atoms with E-state index in [1.165, 1.54) is 11.8 Å². The number of thioether (sulfide) groups is 1. The zero-order valence-corrected chi connectivity index (χ0v) is 14.1. The van der Waals surface area contributed by atoms with Gasteiger partial charge in [-0.05, 0) is 36.4 Å². The summed E-state index contributed by atoms with van der Waals surface area (Å²) in [6, 6.07) is 12.9. The molecule has 20 heavy (non-hydrogen) atoms. The Morgan fingerprint density at radius 1 is 1.15 bits per heavy atom. The number of anilines is 1. The molecule has 0 aliphatic heterocycles. The molecule has 0 radical (unpaired) electrons. The van der Waals surface area contributed by atoms with Gasteiger partial charge in [-0.3, -0.25) is 4.79 Å². The van der Waals surface area contributed by atoms with Crippen LogP contribution < -0.4 is 5.32 Å². The van der Waals surface area contributed by atoms with Crippen molar-refractivity contribution in [3.63, 3.8) is 0 Å². The average molecular weight is 391 g/mol. The van der Waals surface area contributed by atoms with Crippen LogP contribution >= 0.6 is 50.9 Å². The van der Waals surface area contributed by atoms with E-state index in [-0.39, 0.29) is 5.91 Å². The number of amides is 1. The molecule has 0 fully saturated rings. The minimum atomic E-state index is -0.123. The zero-order chi connectivity index (χ0) is 14.5. The van der Waals surface area contributed by atoms with E-state index in [0.29, 0.717) is 21.5 Å². The Kier molecular flexibility index (Phi) is 5.78. The molecule has 2 aromatic rings. The SMILES string of the molecule is O=C(CSc1ccc(Br)cc1)Nc1cccc(Cl)c1Cl. The molecule has 0 aromatic heterocycles. The Balaban J connectivity index is 1.92. The highest BCUT2D eigenvalue weighted by atomic mass is 79.9. The van der Waals surface area contributed by atoms with E-state index >= 15 is 0 Å². The molecule has 0 heterocycles. The maximum Gasteiger partial charge on any atom is 0.234 e. The molecule has 0 saturated heterocycles. The summed E-state index contributed by atoms with van der Waals surface area (Å²) in [5, 5.41) is 3.53. The summed E-state index contributed by atoms with van der Waals surface area (Å²) >= 11 is 16.7. The average Bonchev–Trinajstić information content (AvgIpc) is 2.43. The summed E-state index contributed by atoms with van der Waals surface area (Å²) in [4.78, 5) is 12.9. The van der Waals surface area contributed by atoms with Crippen molar-refractivity contribution in [2.45, 2.75) is 4.90 Å². The lowest BCUT2D eigenvalue weighted by Crippen LogP contribution is -2.14. The van der Waals surface area contributed by atoms with Crippen molar-refractivity contribution in [1.29, 1.82) is 0 Å². The summed E-state index contributed by atoms with van der Waals surface area (Å²) in [6.45, 7) is 0. The molecule has 1 N–H and O–H groups in total. The smallest absolute Gasteiger partial charge is 0.234 e. The van der Waals surface area contributed by atoms with Gasteiger partial charge in [0.1, 0.15) is 0 Å². The molecule has 0 aliphatic carbocycles. The van der Waals surface area contributed by atoms with Crippen molar-refractivity contribution in [1.82, 2.24) is 0 Å². The van der Waals surface area contributed by atoms with E-state index in [0.717, 1.165) is 9.37 Å². The van der Waals surface area contributed by atoms with Crippen LogP contribution in [0.5, 0.6) is 0 Å². The van der Waals surface area contributed by atoms with E-state index in [4.69, 9.17) is 23.2 Å². The van der Waals surface area contributed by atoms with Gasteiger partial charge in [0.2, 0.25) is 5.91 Å². The van der Waals surface area contributed by atoms with E-state index < -0.39 is 0 Å². The van der Waals surface area contributed by atoms with Crippen LogP contribution in [-0.4, -0.2) is 11.7 Å². The highest BCUT2D eigenvalue weighted by Gasteiger charge is 2.08. The van der Waals surface area contributed by atoms with Crippen molar-refractivity contribution >= 4 is 62.5 Å². The minimum Gasteiger partial charge on any atom is -0.324 e. The molecule has 2 aromatic carbocycles. The molecule has 0 atom stereocenters. The maximum absolute atomic E-state index is 11.9. The monoisotopic (exact) mass is 389 g/mol. The molecule has 6 heteroatoms. The molecule has 2 rings (SSSR count). The molecule has 104 valence electrons. The molecule has 0 bridgehead atoms. The third kappa shape index (κ3) is 4.42. The van der Waals surface area contributed by atoms with Crippen molar-refractivity contribution in [3.05, 3.63) is 57.0 Å². The molecule has 0 saturated carbocycles. The summed E-state index contributed by atoms with van der Waals surface area (Å²) < 4.78 is 1.01. The highest BCUT2D eigenvalue weighted by Crippen LogP contribution is 2.29. The maximum atomic E-state index is 11.9. The van der Waals surface area contributed by atoms with Crippen LogP contribution in [0.3, 0.4) is 0 Å². The number of halogens is 3. The number of rotatable bonds is 4. The fraction of sp³-hybridized carbons (Fsp3) is 0.0714. The lowest BCUT2D eigenvalue weighted by Gasteiger charge is -2.08. The van der Waals surface area contributed by atoms with Crippen LogP contribution in [0.25, 0.3) is 0 Å². The number of nitrogens with one attached hydrogen (secondary N) is 1. The van der Waals surface area contributed by atoms with Gasteiger partial charge >= 0.3 is 0 Å². The van der Waals surface area contributed by atoms with Gasteiger partial charge in [-0.15, -0.1) is 11.8 Å². The number of carbonyl (C=O) groups is 1. The van der Waals surface area contributed by atoms with Gasteiger partial charge in [0.15, 0.2) is 0 Å². The Morgan fingerprint density at radius 2 is 1.85 bits per heavy atom. The van der Waals surface area contributed by atoms with Crippen molar-refractivity contribution in [3.8, 4) is 0 Å². The first kappa shape index (κ1) is 15.7. The summed E-state index contributed by atoms with van der Waals surface area (Å²) in [7, 11) is 0. The van der Waals surface area contributed by atoms with E-state index in [9.17, 15) is 4.79 Å². The molecule has 0 unspecified atom stereocenters. The third-order valence-corrected chi connectivity index (χ3v) is 4.77. The van der Waals surface area contributed by atoms with Gasteiger partial charge in [0.25, 0.3) is 0 Å². The highest BCUT2D eigenvalue weighted by molar-refractivity contribution is 9.10. The van der Waals surface area contributed by atoms with Gasteiger partial charge in [-0.1, -0.05) is 45.2 Å². The van der Waals surface area contributed by atoms with Crippen LogP contribution in [0.15, 0.2) is 51.8 Å². The van der Waals surface area contributed by atoms with Crippen LogP contribution in [0.2, 0.25) is 10.0 Å². The van der Waals surface area contributed by atoms with Gasteiger partial charge < -0.3 is 5.32 Å². The van der Waals surface area contributed by atoms with E-state index in [2.05, 4.69) is 21.2 Å². The van der Waals surface area contributed by atoms with E-state index in [1.54, 1.807) is 18.2 Å². The first-order valence-electron chi connectivity index (χ1n) is 5.68. The van der Waals surface area contributed by atoms with Gasteiger partial charge in [0, 0.05) is 9.37 Å². The first-order valence-corrected chi connectivity index (χ1v) is 8.22. The van der Waals surface area contributed by atoms with Crippen LogP contribution in [0, 0.1) is 0 Å². The van der Waals surface area contributed by atoms with Gasteiger partial charge in [-0.25, -0.2) is 0 Å². The topological polar surface area (TPSA) is 29.1 Å². The molecule has 1 amide bonds. The second-order valence-corrected chi connectivity index (χ2v) is 6.64. The lowest BCUT2D eigenvalue weighted by molar-refractivity contribution is -0.113. The quantitative estimate of drug-likeness (QED) is 0.699. The Morgan fingerprint density at radius 3 is 2.55 bits per heavy atom. The largest absolute Gasteiger partial charge is 0.324 e. The Bertz CT molecular complexity index is 619. The normalized spacial score (nSPS) is 10.3. The summed E-state index contributed by atoms with van der Waals surface area (Å²) in [5.41, 5.74) is 0.528. The van der Waals surface area contributed by atoms with Gasteiger partial charge in [-0.2, -0.15) is 0 Å². The summed E-state index contributed by atoms with van der Waals surface area (Å²) in [6.07, 6.45) is 0. The second kappa shape index (κ2) is 7.36. The van der Waals surface area contributed by atoms with Crippen LogP contribution in [-0.2, 0) is 4.79 Å². The van der Waals surface area contributed by atoms with Crippen LogP contribution in [0.4, 0.5) is 5.69 Å². The first-order chi connectivity index (χ1) is 9.56. The van der Waals surface area contributed by atoms with Crippen molar-refractivity contribution < 1.29 is 4.79 Å².